The van der Waals surface area contributed by atoms with E-state index in [0.29, 0.717) is 10.6 Å². The Kier molecular flexibility index (Phi) is 6.16. The molecule has 1 fully saturated rings. The molecule has 0 heterocycles. The van der Waals surface area contributed by atoms with Crippen LogP contribution in [0.2, 0.25) is 3.97 Å². The fourth-order valence-corrected chi connectivity index (χ4v) is 6.17. The Balaban J connectivity index is 2.00. The SMILES string of the molecule is C=CCO[C@@H]1CCCC[C@H]1[Te]c1ccc(C(F)(F)F)cc1. The first kappa shape index (κ1) is 16.9. The van der Waals surface area contributed by atoms with E-state index in [-0.39, 0.29) is 6.10 Å². The predicted molar refractivity (Wildman–Crippen MR) is 79.0 cm³/mol. The zero-order chi connectivity index (χ0) is 15.3. The van der Waals surface area contributed by atoms with Crippen LogP contribution in [0.15, 0.2) is 36.9 Å². The molecule has 1 aliphatic carbocycles. The normalized spacial score (nSPS) is 23.0. The molecule has 1 aliphatic rings. The van der Waals surface area contributed by atoms with Gasteiger partial charge in [-0.15, -0.1) is 0 Å². The number of hydrogen-bond acceptors (Lipinski definition) is 1. The minimum atomic E-state index is -4.25. The monoisotopic (exact) mass is 414 g/mol. The summed E-state index contributed by atoms with van der Waals surface area (Å²) >= 11 is -0.530. The van der Waals surface area contributed by atoms with Gasteiger partial charge in [0, 0.05) is 0 Å². The van der Waals surface area contributed by atoms with Crippen LogP contribution in [-0.4, -0.2) is 33.6 Å². The van der Waals surface area contributed by atoms with E-state index in [0.717, 1.165) is 16.5 Å². The summed E-state index contributed by atoms with van der Waals surface area (Å²) in [6.45, 7) is 4.22. The Morgan fingerprint density at radius 2 is 1.86 bits per heavy atom. The van der Waals surface area contributed by atoms with Crippen molar-refractivity contribution >= 4 is 24.5 Å². The van der Waals surface area contributed by atoms with Crippen molar-refractivity contribution in [1.82, 2.24) is 0 Å². The average molecular weight is 412 g/mol. The second kappa shape index (κ2) is 7.67. The average Bonchev–Trinajstić information content (AvgIpc) is 2.46. The number of rotatable bonds is 5. The van der Waals surface area contributed by atoms with Crippen molar-refractivity contribution in [2.24, 2.45) is 0 Å². The van der Waals surface area contributed by atoms with Crippen molar-refractivity contribution in [3.63, 3.8) is 0 Å². The second-order valence-electron chi connectivity index (χ2n) is 5.12. The van der Waals surface area contributed by atoms with Crippen LogP contribution in [0.4, 0.5) is 13.2 Å². The van der Waals surface area contributed by atoms with Crippen molar-refractivity contribution in [2.75, 3.05) is 6.61 Å². The van der Waals surface area contributed by atoms with Crippen LogP contribution in [0, 0.1) is 0 Å². The first-order valence-corrected chi connectivity index (χ1v) is 9.58. The van der Waals surface area contributed by atoms with Gasteiger partial charge in [0.05, 0.1) is 0 Å². The zero-order valence-electron chi connectivity index (χ0n) is 11.7. The first-order chi connectivity index (χ1) is 10.0. The van der Waals surface area contributed by atoms with Crippen LogP contribution in [0.3, 0.4) is 0 Å². The molecule has 0 aliphatic heterocycles. The third-order valence-electron chi connectivity index (χ3n) is 3.54. The molecule has 0 amide bonds. The van der Waals surface area contributed by atoms with E-state index in [1.54, 1.807) is 18.2 Å². The van der Waals surface area contributed by atoms with Crippen molar-refractivity contribution in [1.29, 1.82) is 0 Å². The van der Waals surface area contributed by atoms with Gasteiger partial charge in [0.15, 0.2) is 0 Å². The number of benzene rings is 1. The van der Waals surface area contributed by atoms with Crippen molar-refractivity contribution in [2.45, 2.75) is 41.9 Å². The van der Waals surface area contributed by atoms with E-state index < -0.39 is 32.7 Å². The van der Waals surface area contributed by atoms with Crippen molar-refractivity contribution in [3.8, 4) is 0 Å². The van der Waals surface area contributed by atoms with Gasteiger partial charge >= 0.3 is 133 Å². The first-order valence-electron chi connectivity index (χ1n) is 7.07. The summed E-state index contributed by atoms with van der Waals surface area (Å²) in [7, 11) is 0. The predicted octanol–water partition coefficient (Wildman–Crippen LogP) is 3.97. The topological polar surface area (TPSA) is 9.23 Å². The molecule has 0 spiro atoms. The number of ether oxygens (including phenoxy) is 1. The van der Waals surface area contributed by atoms with Gasteiger partial charge < -0.3 is 0 Å². The summed E-state index contributed by atoms with van der Waals surface area (Å²) in [5, 5.41) is 0. The summed E-state index contributed by atoms with van der Waals surface area (Å²) in [5.41, 5.74) is -0.568. The van der Waals surface area contributed by atoms with Gasteiger partial charge in [-0.1, -0.05) is 0 Å². The number of hydrogen-bond donors (Lipinski definition) is 0. The molecule has 0 radical (unpaired) electrons. The van der Waals surface area contributed by atoms with Crippen LogP contribution in [0.5, 0.6) is 0 Å². The summed E-state index contributed by atoms with van der Waals surface area (Å²) in [4.78, 5) is 0. The van der Waals surface area contributed by atoms with Gasteiger partial charge in [-0.05, 0) is 0 Å². The third-order valence-corrected chi connectivity index (χ3v) is 7.50. The number of alkyl halides is 3. The van der Waals surface area contributed by atoms with Gasteiger partial charge in [-0.3, -0.25) is 0 Å². The van der Waals surface area contributed by atoms with E-state index in [9.17, 15) is 13.2 Å². The Morgan fingerprint density at radius 1 is 1.19 bits per heavy atom. The van der Waals surface area contributed by atoms with E-state index in [1.807, 2.05) is 0 Å². The van der Waals surface area contributed by atoms with E-state index >= 15 is 0 Å². The molecule has 1 saturated carbocycles. The quantitative estimate of drug-likeness (QED) is 0.526. The van der Waals surface area contributed by atoms with E-state index in [1.165, 1.54) is 25.0 Å². The molecule has 1 aromatic carbocycles. The molecule has 0 aromatic heterocycles. The fourth-order valence-electron chi connectivity index (χ4n) is 2.48. The molecule has 0 N–H and O–H groups in total. The molecular formula is C16H19F3OTe. The molecular weight excluding hydrogens is 393 g/mol. The van der Waals surface area contributed by atoms with Gasteiger partial charge in [0.25, 0.3) is 0 Å². The van der Waals surface area contributed by atoms with E-state index in [2.05, 4.69) is 6.58 Å². The Hall–Kier alpha value is -0.500. The molecule has 2 atom stereocenters. The summed E-state index contributed by atoms with van der Waals surface area (Å²) in [6.07, 6.45) is 2.32. The van der Waals surface area contributed by atoms with Gasteiger partial charge in [0.2, 0.25) is 0 Å². The zero-order valence-corrected chi connectivity index (χ0v) is 14.1. The molecule has 5 heteroatoms. The van der Waals surface area contributed by atoms with Crippen molar-refractivity contribution in [3.05, 3.63) is 42.5 Å². The second-order valence-corrected chi connectivity index (χ2v) is 8.87. The maximum absolute atomic E-state index is 12.6. The Bertz CT molecular complexity index is 456. The van der Waals surface area contributed by atoms with Crippen molar-refractivity contribution < 1.29 is 17.9 Å². The van der Waals surface area contributed by atoms with Crippen LogP contribution >= 0.6 is 0 Å². The molecule has 0 bridgehead atoms. The fraction of sp³-hybridized carbons (Fsp3) is 0.500. The minimum absolute atomic E-state index is 0.251. The summed E-state index contributed by atoms with van der Waals surface area (Å²) in [5.74, 6) is 0. The summed E-state index contributed by atoms with van der Waals surface area (Å²) in [6, 6.07) is 5.68. The van der Waals surface area contributed by atoms with Gasteiger partial charge in [0.1, 0.15) is 0 Å². The molecule has 116 valence electrons. The van der Waals surface area contributed by atoms with Crippen LogP contribution in [-0.2, 0) is 10.9 Å². The van der Waals surface area contributed by atoms with Crippen LogP contribution in [0.1, 0.15) is 31.2 Å². The Labute approximate surface area is 133 Å². The van der Waals surface area contributed by atoms with Gasteiger partial charge in [-0.25, -0.2) is 0 Å². The van der Waals surface area contributed by atoms with Crippen LogP contribution in [0.25, 0.3) is 0 Å². The molecule has 0 saturated heterocycles. The van der Waals surface area contributed by atoms with Gasteiger partial charge in [-0.2, -0.15) is 0 Å². The van der Waals surface area contributed by atoms with Crippen LogP contribution < -0.4 is 3.61 Å². The third kappa shape index (κ3) is 5.02. The summed E-state index contributed by atoms with van der Waals surface area (Å²) < 4.78 is 45.1. The van der Waals surface area contributed by atoms with E-state index in [4.69, 9.17) is 4.74 Å². The molecule has 0 unspecified atom stereocenters. The molecule has 1 nitrogen and oxygen atoms in total. The standard InChI is InChI=1S/C16H19F3OTe/c1-2-11-20-14-5-3-4-6-15(14)21-13-9-7-12(8-10-13)16(17,18)19/h2,7-10,14-15H,1,3-6,11H2/t14-,15-/m1/s1. The Morgan fingerprint density at radius 3 is 2.48 bits per heavy atom. The molecule has 21 heavy (non-hydrogen) atoms. The maximum atomic E-state index is 12.6. The molecule has 2 rings (SSSR count). The number of halogens is 3. The molecule has 1 aromatic rings.